The van der Waals surface area contributed by atoms with Crippen molar-refractivity contribution in [1.82, 2.24) is 0 Å². The van der Waals surface area contributed by atoms with E-state index in [0.29, 0.717) is 5.75 Å². The van der Waals surface area contributed by atoms with Crippen molar-refractivity contribution in [3.05, 3.63) is 61.7 Å². The highest BCUT2D eigenvalue weighted by molar-refractivity contribution is 5.93. The van der Waals surface area contributed by atoms with Crippen LogP contribution in [0.4, 0.5) is 17.1 Å². The number of nitro benzene ring substituents is 2. The van der Waals surface area contributed by atoms with Gasteiger partial charge in [0.05, 0.1) is 22.6 Å². The lowest BCUT2D eigenvalue weighted by Gasteiger charge is -2.10. The Morgan fingerprint density at radius 2 is 1.63 bits per heavy atom. The van der Waals surface area contributed by atoms with Gasteiger partial charge in [-0.05, 0) is 37.1 Å². The molecule has 0 aromatic heterocycles. The fraction of sp³-hybridized carbons (Fsp3) is 0.235. The molecule has 0 aliphatic heterocycles. The summed E-state index contributed by atoms with van der Waals surface area (Å²) in [5.74, 6) is -0.628. The third kappa shape index (κ3) is 4.69. The van der Waals surface area contributed by atoms with Crippen LogP contribution < -0.4 is 14.8 Å². The summed E-state index contributed by atoms with van der Waals surface area (Å²) in [7, 11) is 1.09. The van der Waals surface area contributed by atoms with E-state index in [1.807, 2.05) is 19.9 Å². The molecule has 10 heteroatoms. The molecule has 1 N–H and O–H groups in total. The van der Waals surface area contributed by atoms with Gasteiger partial charge >= 0.3 is 11.4 Å². The zero-order chi connectivity index (χ0) is 20.1. The highest BCUT2D eigenvalue weighted by atomic mass is 16.6. The van der Waals surface area contributed by atoms with Crippen molar-refractivity contribution >= 4 is 23.0 Å². The summed E-state index contributed by atoms with van der Waals surface area (Å²) < 4.78 is 10.1. The van der Waals surface area contributed by atoms with Gasteiger partial charge in [-0.15, -0.1) is 0 Å². The summed E-state index contributed by atoms with van der Waals surface area (Å²) in [6.07, 6.45) is 0. The van der Waals surface area contributed by atoms with Crippen LogP contribution in [-0.4, -0.2) is 29.5 Å². The number of methoxy groups -OCH3 is 1. The van der Waals surface area contributed by atoms with Crippen LogP contribution in [0.3, 0.4) is 0 Å². The molecule has 0 spiro atoms. The van der Waals surface area contributed by atoms with E-state index in [1.165, 1.54) is 0 Å². The highest BCUT2D eigenvalue weighted by Gasteiger charge is 2.28. The molecule has 0 radical (unpaired) electrons. The number of hydrogen-bond donors (Lipinski definition) is 1. The Balaban J connectivity index is 2.18. The van der Waals surface area contributed by atoms with E-state index < -0.39 is 32.9 Å². The average Bonchev–Trinajstić information content (AvgIpc) is 2.61. The van der Waals surface area contributed by atoms with Gasteiger partial charge in [-0.1, -0.05) is 6.07 Å². The van der Waals surface area contributed by atoms with Crippen LogP contribution in [0.5, 0.6) is 11.5 Å². The van der Waals surface area contributed by atoms with Crippen LogP contribution in [0.15, 0.2) is 30.3 Å². The van der Waals surface area contributed by atoms with Crippen LogP contribution in [0.2, 0.25) is 0 Å². The Labute approximate surface area is 154 Å². The van der Waals surface area contributed by atoms with E-state index in [4.69, 9.17) is 9.47 Å². The van der Waals surface area contributed by atoms with Gasteiger partial charge in [-0.3, -0.25) is 25.0 Å². The molecule has 1 amide bonds. The quantitative estimate of drug-likeness (QED) is 0.580. The average molecular weight is 375 g/mol. The Morgan fingerprint density at radius 1 is 1.04 bits per heavy atom. The van der Waals surface area contributed by atoms with E-state index in [2.05, 4.69) is 5.32 Å². The fourth-order valence-corrected chi connectivity index (χ4v) is 2.30. The van der Waals surface area contributed by atoms with Crippen molar-refractivity contribution in [2.75, 3.05) is 19.0 Å². The maximum atomic E-state index is 12.0. The number of anilines is 1. The molecule has 0 heterocycles. The maximum Gasteiger partial charge on any atom is 0.320 e. The van der Waals surface area contributed by atoms with Gasteiger partial charge in [0, 0.05) is 12.1 Å². The van der Waals surface area contributed by atoms with Crippen LogP contribution in [0, 0.1) is 34.1 Å². The number of nitrogens with zero attached hydrogens (tertiary/aromatic N) is 2. The van der Waals surface area contributed by atoms with Gasteiger partial charge in [0.2, 0.25) is 0 Å². The third-order valence-electron chi connectivity index (χ3n) is 3.78. The first-order valence-corrected chi connectivity index (χ1v) is 7.73. The van der Waals surface area contributed by atoms with E-state index in [9.17, 15) is 25.0 Å². The smallest absolute Gasteiger partial charge is 0.320 e. The molecular weight excluding hydrogens is 358 g/mol. The van der Waals surface area contributed by atoms with Crippen molar-refractivity contribution < 1.29 is 24.1 Å². The minimum absolute atomic E-state index is 0.108. The molecule has 2 rings (SSSR count). The molecule has 0 saturated carbocycles. The Bertz CT molecular complexity index is 876. The van der Waals surface area contributed by atoms with Gasteiger partial charge in [0.1, 0.15) is 5.75 Å². The first-order valence-electron chi connectivity index (χ1n) is 7.73. The number of nitrogens with one attached hydrogen (secondary N) is 1. The van der Waals surface area contributed by atoms with Crippen LogP contribution in [0.25, 0.3) is 0 Å². The minimum atomic E-state index is -0.826. The number of carbonyl (C=O) groups excluding carboxylic acids is 1. The second-order valence-corrected chi connectivity index (χ2v) is 5.64. The summed E-state index contributed by atoms with van der Waals surface area (Å²) >= 11 is 0. The molecule has 0 unspecified atom stereocenters. The lowest BCUT2D eigenvalue weighted by atomic mass is 10.1. The zero-order valence-electron chi connectivity index (χ0n) is 14.8. The summed E-state index contributed by atoms with van der Waals surface area (Å²) in [6.45, 7) is 3.48. The second kappa shape index (κ2) is 8.13. The van der Waals surface area contributed by atoms with Crippen molar-refractivity contribution in [3.8, 4) is 11.5 Å². The maximum absolute atomic E-state index is 12.0. The number of aryl methyl sites for hydroxylation is 2. The summed E-state index contributed by atoms with van der Waals surface area (Å²) in [5.41, 5.74) is 0.705. The van der Waals surface area contributed by atoms with Gasteiger partial charge in [0.15, 0.2) is 6.61 Å². The normalized spacial score (nSPS) is 10.2. The van der Waals surface area contributed by atoms with Crippen molar-refractivity contribution in [2.45, 2.75) is 13.8 Å². The number of nitro groups is 2. The molecule has 27 heavy (non-hydrogen) atoms. The number of amides is 1. The first-order chi connectivity index (χ1) is 12.7. The van der Waals surface area contributed by atoms with Crippen LogP contribution in [-0.2, 0) is 4.79 Å². The number of carbonyl (C=O) groups is 1. The van der Waals surface area contributed by atoms with Crippen LogP contribution >= 0.6 is 0 Å². The number of hydrogen-bond acceptors (Lipinski definition) is 7. The molecule has 0 aliphatic carbocycles. The lowest BCUT2D eigenvalue weighted by molar-refractivity contribution is -0.395. The lowest BCUT2D eigenvalue weighted by Crippen LogP contribution is -2.20. The first kappa shape index (κ1) is 19.6. The predicted molar refractivity (Wildman–Crippen MR) is 96.3 cm³/mol. The molecule has 0 bridgehead atoms. The van der Waals surface area contributed by atoms with E-state index in [1.54, 1.807) is 12.1 Å². The summed E-state index contributed by atoms with van der Waals surface area (Å²) in [5, 5.41) is 24.6. The molecule has 0 fully saturated rings. The molecule has 10 nitrogen and oxygen atoms in total. The zero-order valence-corrected chi connectivity index (χ0v) is 14.8. The Kier molecular flexibility index (Phi) is 5.91. The highest BCUT2D eigenvalue weighted by Crippen LogP contribution is 2.39. The number of ether oxygens (including phenoxy) is 2. The minimum Gasteiger partial charge on any atom is -0.485 e. The van der Waals surface area contributed by atoms with Gasteiger partial charge in [0.25, 0.3) is 11.7 Å². The SMILES string of the molecule is COc1c([N+](=O)[O-])cc(NC(=O)COc2ccc(C)c(C)c2)cc1[N+](=O)[O-]. The van der Waals surface area contributed by atoms with Gasteiger partial charge < -0.3 is 14.8 Å². The molecule has 0 atom stereocenters. The molecule has 2 aromatic rings. The fourth-order valence-electron chi connectivity index (χ4n) is 2.30. The van der Waals surface area contributed by atoms with Gasteiger partial charge in [-0.2, -0.15) is 0 Å². The van der Waals surface area contributed by atoms with Crippen molar-refractivity contribution in [2.24, 2.45) is 0 Å². The Hall–Kier alpha value is -3.69. The third-order valence-corrected chi connectivity index (χ3v) is 3.78. The largest absolute Gasteiger partial charge is 0.485 e. The monoisotopic (exact) mass is 375 g/mol. The molecule has 0 saturated heterocycles. The van der Waals surface area contributed by atoms with Crippen molar-refractivity contribution in [3.63, 3.8) is 0 Å². The number of rotatable bonds is 7. The van der Waals surface area contributed by atoms with Gasteiger partial charge in [-0.25, -0.2) is 0 Å². The number of benzene rings is 2. The summed E-state index contributed by atoms with van der Waals surface area (Å²) in [4.78, 5) is 32.7. The van der Waals surface area contributed by atoms with E-state index in [-0.39, 0.29) is 12.3 Å². The summed E-state index contributed by atoms with van der Waals surface area (Å²) in [6, 6.07) is 7.29. The molecular formula is C17H17N3O7. The predicted octanol–water partition coefficient (Wildman–Crippen LogP) is 3.15. The topological polar surface area (TPSA) is 134 Å². The van der Waals surface area contributed by atoms with Crippen molar-refractivity contribution in [1.29, 1.82) is 0 Å². The standard InChI is InChI=1S/C17H17N3O7/c1-10-4-5-13(6-11(10)2)27-9-16(21)18-12-7-14(19(22)23)17(26-3)15(8-12)20(24)25/h4-8H,9H2,1-3H3,(H,18,21). The molecule has 0 aliphatic rings. The van der Waals surface area contributed by atoms with Crippen LogP contribution in [0.1, 0.15) is 11.1 Å². The van der Waals surface area contributed by atoms with E-state index in [0.717, 1.165) is 30.4 Å². The van der Waals surface area contributed by atoms with E-state index >= 15 is 0 Å². The molecule has 2 aromatic carbocycles. The Morgan fingerprint density at radius 3 is 2.11 bits per heavy atom. The molecule has 142 valence electrons. The second-order valence-electron chi connectivity index (χ2n) is 5.64.